The van der Waals surface area contributed by atoms with Crippen LogP contribution in [0.3, 0.4) is 0 Å². The van der Waals surface area contributed by atoms with Crippen molar-refractivity contribution in [3.63, 3.8) is 0 Å². The average Bonchev–Trinajstić information content (AvgIpc) is 2.03. The summed E-state index contributed by atoms with van der Waals surface area (Å²) >= 11 is 0. The minimum atomic E-state index is -1.29. The maximum Gasteiger partial charge on any atom is 0.305 e. The topological polar surface area (TPSA) is 92.5 Å². The summed E-state index contributed by atoms with van der Waals surface area (Å²) in [5.41, 5.74) is 5.13. The lowest BCUT2D eigenvalue weighted by molar-refractivity contribution is -0.307. The molecule has 0 aliphatic rings. The molecule has 0 fully saturated rings. The Morgan fingerprint density at radius 3 is 2.58 bits per heavy atom. The fraction of sp³-hybridized carbons (Fsp3) is 0.714. The van der Waals surface area contributed by atoms with Crippen LogP contribution >= 0.6 is 0 Å². The third kappa shape index (κ3) is 4.68. The Bertz CT molecular complexity index is 169. The van der Waals surface area contributed by atoms with Crippen molar-refractivity contribution >= 4 is 11.9 Å². The first-order chi connectivity index (χ1) is 5.57. The largest absolute Gasteiger partial charge is 0.548 e. The van der Waals surface area contributed by atoms with Gasteiger partial charge in [0.2, 0.25) is 0 Å². The van der Waals surface area contributed by atoms with Crippen molar-refractivity contribution in [2.24, 2.45) is 5.73 Å². The molecule has 0 aromatic rings. The van der Waals surface area contributed by atoms with Gasteiger partial charge in [-0.25, -0.2) is 0 Å². The van der Waals surface area contributed by atoms with Gasteiger partial charge < -0.3 is 20.4 Å². The van der Waals surface area contributed by atoms with Crippen molar-refractivity contribution < 1.29 is 19.4 Å². The predicted molar refractivity (Wildman–Crippen MR) is 38.8 cm³/mol. The van der Waals surface area contributed by atoms with Gasteiger partial charge in [-0.2, -0.15) is 0 Å². The second-order valence-corrected chi connectivity index (χ2v) is 2.39. The predicted octanol–water partition coefficient (Wildman–Crippen LogP) is -1.59. The standard InChI is InChI=1S/C7H13NO4/c1-12-6(9)4-2-3-5(8)7(10)11/h5H,2-4,8H2,1H3,(H,10,11)/p-1/t5-/m1/s1. The highest BCUT2D eigenvalue weighted by atomic mass is 16.5. The van der Waals surface area contributed by atoms with Crippen LogP contribution in [-0.2, 0) is 14.3 Å². The molecule has 0 amide bonds. The lowest BCUT2D eigenvalue weighted by Gasteiger charge is -2.10. The SMILES string of the molecule is COC(=O)CCC[C@@H](N)C(=O)[O-]. The van der Waals surface area contributed by atoms with Crippen LogP contribution in [0.15, 0.2) is 0 Å². The van der Waals surface area contributed by atoms with Crippen LogP contribution in [-0.4, -0.2) is 25.1 Å². The molecule has 12 heavy (non-hydrogen) atoms. The number of nitrogens with two attached hydrogens (primary N) is 1. The van der Waals surface area contributed by atoms with Gasteiger partial charge in [-0.3, -0.25) is 4.79 Å². The third-order valence-corrected chi connectivity index (χ3v) is 1.43. The lowest BCUT2D eigenvalue weighted by atomic mass is 10.1. The van der Waals surface area contributed by atoms with Crippen LogP contribution in [0.25, 0.3) is 0 Å². The second-order valence-electron chi connectivity index (χ2n) is 2.39. The average molecular weight is 174 g/mol. The number of hydrogen-bond acceptors (Lipinski definition) is 5. The smallest absolute Gasteiger partial charge is 0.305 e. The monoisotopic (exact) mass is 174 g/mol. The molecular weight excluding hydrogens is 162 g/mol. The van der Waals surface area contributed by atoms with Gasteiger partial charge in [0.05, 0.1) is 13.1 Å². The molecule has 0 aliphatic heterocycles. The van der Waals surface area contributed by atoms with Crippen LogP contribution < -0.4 is 10.8 Å². The van der Waals surface area contributed by atoms with Crippen LogP contribution in [0.1, 0.15) is 19.3 Å². The number of esters is 1. The molecule has 2 N–H and O–H groups in total. The highest BCUT2D eigenvalue weighted by molar-refractivity contribution is 5.71. The number of hydrogen-bond donors (Lipinski definition) is 1. The van der Waals surface area contributed by atoms with Gasteiger partial charge in [0.1, 0.15) is 0 Å². The van der Waals surface area contributed by atoms with Crippen LogP contribution in [0.2, 0.25) is 0 Å². The second kappa shape index (κ2) is 5.54. The first-order valence-electron chi connectivity index (χ1n) is 3.61. The quantitative estimate of drug-likeness (QED) is 0.507. The van der Waals surface area contributed by atoms with E-state index in [0.29, 0.717) is 6.42 Å². The van der Waals surface area contributed by atoms with Crippen molar-refractivity contribution in [1.29, 1.82) is 0 Å². The summed E-state index contributed by atoms with van der Waals surface area (Å²) in [5, 5.41) is 10.1. The van der Waals surface area contributed by atoms with E-state index in [1.807, 2.05) is 0 Å². The highest BCUT2D eigenvalue weighted by Gasteiger charge is 2.05. The number of methoxy groups -OCH3 is 1. The molecule has 5 heteroatoms. The molecule has 0 spiro atoms. The number of carboxylic acid groups (broad SMARTS) is 1. The Labute approximate surface area is 70.5 Å². The van der Waals surface area contributed by atoms with E-state index in [4.69, 9.17) is 5.73 Å². The molecule has 0 radical (unpaired) electrons. The van der Waals surface area contributed by atoms with E-state index in [1.54, 1.807) is 0 Å². The molecular formula is C7H12NO4-. The van der Waals surface area contributed by atoms with Crippen molar-refractivity contribution in [3.05, 3.63) is 0 Å². The van der Waals surface area contributed by atoms with E-state index in [1.165, 1.54) is 7.11 Å². The van der Waals surface area contributed by atoms with Gasteiger partial charge in [-0.15, -0.1) is 0 Å². The van der Waals surface area contributed by atoms with Crippen LogP contribution in [0.5, 0.6) is 0 Å². The summed E-state index contributed by atoms with van der Waals surface area (Å²) in [6, 6.07) is -0.991. The summed E-state index contributed by atoms with van der Waals surface area (Å²) < 4.78 is 4.35. The van der Waals surface area contributed by atoms with Gasteiger partial charge in [0.25, 0.3) is 0 Å². The number of carbonyl (C=O) groups is 2. The molecule has 0 heterocycles. The molecule has 70 valence electrons. The first-order valence-corrected chi connectivity index (χ1v) is 3.61. The molecule has 0 saturated carbocycles. The molecule has 0 rings (SSSR count). The van der Waals surface area contributed by atoms with E-state index in [2.05, 4.69) is 4.74 Å². The summed E-state index contributed by atoms with van der Waals surface area (Å²) in [5.74, 6) is -1.65. The molecule has 0 saturated heterocycles. The normalized spacial score (nSPS) is 12.2. The van der Waals surface area contributed by atoms with Crippen molar-refractivity contribution in [1.82, 2.24) is 0 Å². The van der Waals surface area contributed by atoms with E-state index < -0.39 is 12.0 Å². The fourth-order valence-corrected chi connectivity index (χ4v) is 0.686. The van der Waals surface area contributed by atoms with E-state index in [9.17, 15) is 14.7 Å². The molecule has 0 aliphatic carbocycles. The first kappa shape index (κ1) is 10.9. The molecule has 0 aromatic carbocycles. The third-order valence-electron chi connectivity index (χ3n) is 1.43. The van der Waals surface area contributed by atoms with Gasteiger partial charge in [-0.1, -0.05) is 0 Å². The number of ether oxygens (including phenoxy) is 1. The van der Waals surface area contributed by atoms with Crippen molar-refractivity contribution in [2.45, 2.75) is 25.3 Å². The zero-order valence-electron chi connectivity index (χ0n) is 6.91. The van der Waals surface area contributed by atoms with E-state index in [0.717, 1.165) is 0 Å². The molecule has 0 unspecified atom stereocenters. The van der Waals surface area contributed by atoms with Crippen LogP contribution in [0.4, 0.5) is 0 Å². The van der Waals surface area contributed by atoms with E-state index >= 15 is 0 Å². The lowest BCUT2D eigenvalue weighted by Crippen LogP contribution is -2.41. The molecule has 1 atom stereocenters. The highest BCUT2D eigenvalue weighted by Crippen LogP contribution is 1.99. The zero-order valence-corrected chi connectivity index (χ0v) is 6.91. The summed E-state index contributed by atoms with van der Waals surface area (Å²) in [7, 11) is 1.28. The Kier molecular flexibility index (Phi) is 5.03. The van der Waals surface area contributed by atoms with Gasteiger partial charge >= 0.3 is 5.97 Å². The number of carboxylic acids is 1. The number of aliphatic carboxylic acids is 1. The molecule has 0 bridgehead atoms. The number of carbonyl (C=O) groups excluding carboxylic acids is 2. The Morgan fingerprint density at radius 1 is 1.58 bits per heavy atom. The number of rotatable bonds is 5. The molecule has 5 nitrogen and oxygen atoms in total. The maximum absolute atomic E-state index is 10.5. The Hall–Kier alpha value is -1.10. The maximum atomic E-state index is 10.5. The zero-order chi connectivity index (χ0) is 9.56. The molecule has 0 aromatic heterocycles. The van der Waals surface area contributed by atoms with Gasteiger partial charge in [-0.05, 0) is 12.8 Å². The minimum Gasteiger partial charge on any atom is -0.548 e. The summed E-state index contributed by atoms with van der Waals surface area (Å²) in [6.07, 6.45) is 0.830. The van der Waals surface area contributed by atoms with Crippen LogP contribution in [0, 0.1) is 0 Å². The Morgan fingerprint density at radius 2 is 2.17 bits per heavy atom. The summed E-state index contributed by atoms with van der Waals surface area (Å²) in [4.78, 5) is 20.6. The fourth-order valence-electron chi connectivity index (χ4n) is 0.686. The van der Waals surface area contributed by atoms with E-state index in [-0.39, 0.29) is 18.8 Å². The Balaban J connectivity index is 3.43. The van der Waals surface area contributed by atoms with Crippen molar-refractivity contribution in [3.8, 4) is 0 Å². The summed E-state index contributed by atoms with van der Waals surface area (Å²) in [6.45, 7) is 0. The van der Waals surface area contributed by atoms with Gasteiger partial charge in [0, 0.05) is 12.5 Å². The van der Waals surface area contributed by atoms with Crippen molar-refractivity contribution in [2.75, 3.05) is 7.11 Å². The minimum absolute atomic E-state index is 0.192. The van der Waals surface area contributed by atoms with Gasteiger partial charge in [0.15, 0.2) is 0 Å².